The Hall–Kier alpha value is -2.17. The normalized spacial score (nSPS) is 14.8. The zero-order chi connectivity index (χ0) is 15.4. The van der Waals surface area contributed by atoms with E-state index in [4.69, 9.17) is 0 Å². The first-order valence-corrected chi connectivity index (χ1v) is 7.22. The number of carbonyl (C=O) groups is 3. The summed E-state index contributed by atoms with van der Waals surface area (Å²) in [5.41, 5.74) is 3.04. The molecular weight excluding hydrogens is 268 g/mol. The van der Waals surface area contributed by atoms with Crippen molar-refractivity contribution >= 4 is 18.2 Å². The van der Waals surface area contributed by atoms with Crippen LogP contribution in [0.5, 0.6) is 0 Å². The molecule has 0 bridgehead atoms. The molecule has 0 saturated carbocycles. The van der Waals surface area contributed by atoms with Gasteiger partial charge >= 0.3 is 0 Å². The van der Waals surface area contributed by atoms with E-state index in [0.29, 0.717) is 19.4 Å². The summed E-state index contributed by atoms with van der Waals surface area (Å²) >= 11 is 0. The third-order valence-electron chi connectivity index (χ3n) is 3.95. The molecule has 1 aromatic rings. The Bertz CT molecular complexity index is 569. The number of amides is 3. The summed E-state index contributed by atoms with van der Waals surface area (Å²) in [6.07, 6.45) is 2.11. The van der Waals surface area contributed by atoms with Crippen LogP contribution in [0.25, 0.3) is 0 Å². The molecule has 0 spiro atoms. The van der Waals surface area contributed by atoms with Gasteiger partial charge < -0.3 is 4.90 Å². The third kappa shape index (κ3) is 3.29. The molecule has 1 aromatic carbocycles. The minimum absolute atomic E-state index is 0.0240. The number of rotatable bonds is 6. The number of nitrogens with one attached hydrogen (secondary N) is 1. The number of benzene rings is 1. The van der Waals surface area contributed by atoms with Crippen LogP contribution in [-0.4, -0.2) is 29.2 Å². The van der Waals surface area contributed by atoms with Crippen molar-refractivity contribution in [2.45, 2.75) is 45.7 Å². The van der Waals surface area contributed by atoms with E-state index in [-0.39, 0.29) is 24.3 Å². The molecule has 0 radical (unpaired) electrons. The van der Waals surface area contributed by atoms with Crippen LogP contribution in [0, 0.1) is 0 Å². The van der Waals surface area contributed by atoms with Crippen LogP contribution in [0.15, 0.2) is 18.2 Å². The molecule has 3 amide bonds. The van der Waals surface area contributed by atoms with Gasteiger partial charge in [0.15, 0.2) is 0 Å². The second kappa shape index (κ2) is 6.52. The van der Waals surface area contributed by atoms with Gasteiger partial charge in [0.25, 0.3) is 5.91 Å². The van der Waals surface area contributed by atoms with E-state index < -0.39 is 0 Å². The van der Waals surface area contributed by atoms with Crippen molar-refractivity contribution in [1.29, 1.82) is 0 Å². The van der Waals surface area contributed by atoms with E-state index >= 15 is 0 Å². The second-order valence-corrected chi connectivity index (χ2v) is 5.35. The van der Waals surface area contributed by atoms with Crippen LogP contribution in [-0.2, 0) is 22.6 Å². The van der Waals surface area contributed by atoms with Gasteiger partial charge in [0, 0.05) is 24.6 Å². The minimum atomic E-state index is -0.311. The molecule has 0 fully saturated rings. The van der Waals surface area contributed by atoms with Crippen molar-refractivity contribution in [3.05, 3.63) is 34.9 Å². The fourth-order valence-electron chi connectivity index (χ4n) is 2.61. The molecule has 112 valence electrons. The Morgan fingerprint density at radius 3 is 2.90 bits per heavy atom. The summed E-state index contributed by atoms with van der Waals surface area (Å²) in [6.45, 7) is 4.61. The van der Waals surface area contributed by atoms with Gasteiger partial charge in [-0.3, -0.25) is 19.7 Å². The van der Waals surface area contributed by atoms with E-state index in [1.165, 1.54) is 5.56 Å². The highest BCUT2D eigenvalue weighted by molar-refractivity contribution is 5.98. The average molecular weight is 288 g/mol. The molecule has 1 N–H and O–H groups in total. The standard InChI is InChI=1S/C16H20N2O3/c1-3-12-5-6-14-13(8-12)9-18(16(14)21)11(2)4-7-15(20)17-10-19/h5-6,8,10-11H,3-4,7,9H2,1-2H3,(H,17,19,20). The molecule has 5 heteroatoms. The Kier molecular flexibility index (Phi) is 4.73. The maximum absolute atomic E-state index is 12.4. The van der Waals surface area contributed by atoms with Gasteiger partial charge in [-0.25, -0.2) is 0 Å². The topological polar surface area (TPSA) is 66.5 Å². The van der Waals surface area contributed by atoms with E-state index in [9.17, 15) is 14.4 Å². The third-order valence-corrected chi connectivity index (χ3v) is 3.95. The van der Waals surface area contributed by atoms with Crippen LogP contribution in [0.3, 0.4) is 0 Å². The fraction of sp³-hybridized carbons (Fsp3) is 0.438. The predicted octanol–water partition coefficient (Wildman–Crippen LogP) is 1.65. The van der Waals surface area contributed by atoms with Crippen molar-refractivity contribution in [3.63, 3.8) is 0 Å². The maximum Gasteiger partial charge on any atom is 0.254 e. The Morgan fingerprint density at radius 1 is 1.48 bits per heavy atom. The van der Waals surface area contributed by atoms with Crippen molar-refractivity contribution < 1.29 is 14.4 Å². The molecule has 0 saturated heterocycles. The number of carbonyl (C=O) groups excluding carboxylic acids is 3. The van der Waals surface area contributed by atoms with E-state index in [2.05, 4.69) is 18.3 Å². The molecule has 0 aromatic heterocycles. The van der Waals surface area contributed by atoms with Crippen molar-refractivity contribution in [2.24, 2.45) is 0 Å². The van der Waals surface area contributed by atoms with Crippen molar-refractivity contribution in [1.82, 2.24) is 10.2 Å². The quantitative estimate of drug-likeness (QED) is 0.809. The van der Waals surface area contributed by atoms with E-state index in [0.717, 1.165) is 17.5 Å². The van der Waals surface area contributed by atoms with E-state index in [1.807, 2.05) is 19.1 Å². The first-order valence-electron chi connectivity index (χ1n) is 7.22. The zero-order valence-electron chi connectivity index (χ0n) is 12.4. The van der Waals surface area contributed by atoms with Gasteiger partial charge in [-0.1, -0.05) is 19.1 Å². The van der Waals surface area contributed by atoms with Crippen LogP contribution >= 0.6 is 0 Å². The van der Waals surface area contributed by atoms with Gasteiger partial charge in [0.2, 0.25) is 12.3 Å². The van der Waals surface area contributed by atoms with Crippen LogP contribution in [0.1, 0.15) is 48.2 Å². The SMILES string of the molecule is CCc1ccc2c(c1)CN(C(C)CCC(=O)NC=O)C2=O. The van der Waals surface area contributed by atoms with Gasteiger partial charge in [-0.2, -0.15) is 0 Å². The van der Waals surface area contributed by atoms with E-state index in [1.54, 1.807) is 4.90 Å². The van der Waals surface area contributed by atoms with Gasteiger partial charge in [0.1, 0.15) is 0 Å². The lowest BCUT2D eigenvalue weighted by Gasteiger charge is -2.23. The lowest BCUT2D eigenvalue weighted by Crippen LogP contribution is -2.34. The Balaban J connectivity index is 2.01. The zero-order valence-corrected chi connectivity index (χ0v) is 12.4. The summed E-state index contributed by atoms with van der Waals surface area (Å²) in [6, 6.07) is 5.93. The van der Waals surface area contributed by atoms with Crippen LogP contribution < -0.4 is 5.32 Å². The molecular formula is C16H20N2O3. The number of fused-ring (bicyclic) bond motifs is 1. The molecule has 1 aliphatic heterocycles. The summed E-state index contributed by atoms with van der Waals surface area (Å²) in [4.78, 5) is 35.6. The first-order chi connectivity index (χ1) is 10.1. The molecule has 2 rings (SSSR count). The number of imide groups is 1. The molecule has 0 aliphatic carbocycles. The highest BCUT2D eigenvalue weighted by Gasteiger charge is 2.30. The Labute approximate surface area is 124 Å². The molecule has 1 heterocycles. The van der Waals surface area contributed by atoms with Gasteiger partial charge in [0.05, 0.1) is 0 Å². The number of aryl methyl sites for hydroxylation is 1. The molecule has 5 nitrogen and oxygen atoms in total. The first kappa shape index (κ1) is 15.2. The van der Waals surface area contributed by atoms with Crippen molar-refractivity contribution in [3.8, 4) is 0 Å². The highest BCUT2D eigenvalue weighted by atomic mass is 16.2. The van der Waals surface area contributed by atoms with Gasteiger partial charge in [-0.15, -0.1) is 0 Å². The summed E-state index contributed by atoms with van der Waals surface area (Å²) in [5, 5.41) is 2.11. The highest BCUT2D eigenvalue weighted by Crippen LogP contribution is 2.27. The largest absolute Gasteiger partial charge is 0.332 e. The second-order valence-electron chi connectivity index (χ2n) is 5.35. The summed E-state index contributed by atoms with van der Waals surface area (Å²) in [7, 11) is 0. The molecule has 1 unspecified atom stereocenters. The van der Waals surface area contributed by atoms with Crippen LogP contribution in [0.4, 0.5) is 0 Å². The van der Waals surface area contributed by atoms with Crippen molar-refractivity contribution in [2.75, 3.05) is 0 Å². The lowest BCUT2D eigenvalue weighted by atomic mass is 10.0. The summed E-state index contributed by atoms with van der Waals surface area (Å²) in [5.74, 6) is -0.287. The lowest BCUT2D eigenvalue weighted by molar-refractivity contribution is -0.125. The number of hydrogen-bond donors (Lipinski definition) is 1. The smallest absolute Gasteiger partial charge is 0.254 e. The average Bonchev–Trinajstić information content (AvgIpc) is 2.81. The summed E-state index contributed by atoms with van der Waals surface area (Å²) < 4.78 is 0. The molecule has 1 aliphatic rings. The minimum Gasteiger partial charge on any atom is -0.332 e. The predicted molar refractivity (Wildman–Crippen MR) is 78.6 cm³/mol. The number of hydrogen-bond acceptors (Lipinski definition) is 3. The van der Waals surface area contributed by atoms with Crippen LogP contribution in [0.2, 0.25) is 0 Å². The van der Waals surface area contributed by atoms with Gasteiger partial charge in [-0.05, 0) is 37.0 Å². The molecule has 1 atom stereocenters. The number of nitrogens with zero attached hydrogens (tertiary/aromatic N) is 1. The maximum atomic E-state index is 12.4. The monoisotopic (exact) mass is 288 g/mol. The Morgan fingerprint density at radius 2 is 2.24 bits per heavy atom. The fourth-order valence-corrected chi connectivity index (χ4v) is 2.61. The molecule has 21 heavy (non-hydrogen) atoms.